The van der Waals surface area contributed by atoms with Gasteiger partial charge in [-0.05, 0) is 38.5 Å². The van der Waals surface area contributed by atoms with E-state index < -0.39 is 0 Å². The van der Waals surface area contributed by atoms with Crippen LogP contribution >= 0.6 is 0 Å². The molecule has 0 aliphatic heterocycles. The number of nitriles is 1. The maximum Gasteiger partial charge on any atom is 0.0621 e. The van der Waals surface area contributed by atoms with Crippen molar-refractivity contribution in [2.24, 2.45) is 0 Å². The molecule has 0 rings (SSSR count). The van der Waals surface area contributed by atoms with Crippen molar-refractivity contribution in [3.63, 3.8) is 0 Å². The van der Waals surface area contributed by atoms with E-state index in [-0.39, 0.29) is 0 Å². The van der Waals surface area contributed by atoms with Gasteiger partial charge >= 0.3 is 0 Å². The summed E-state index contributed by atoms with van der Waals surface area (Å²) in [6.07, 6.45) is 24.7. The van der Waals surface area contributed by atoms with Crippen LogP contribution in [0.3, 0.4) is 0 Å². The highest BCUT2D eigenvalue weighted by Crippen LogP contribution is 2.07. The van der Waals surface area contributed by atoms with Crippen LogP contribution in [0.5, 0.6) is 0 Å². The number of hydrogen-bond donors (Lipinski definition) is 0. The second-order valence-corrected chi connectivity index (χ2v) is 4.76. The van der Waals surface area contributed by atoms with Gasteiger partial charge in [0.05, 0.1) is 6.07 Å². The Balaban J connectivity index is 3.21. The second kappa shape index (κ2) is 16.7. The lowest BCUT2D eigenvalue weighted by atomic mass is 10.1. The fourth-order valence-corrected chi connectivity index (χ4v) is 1.82. The highest BCUT2D eigenvalue weighted by atomic mass is 14.2. The maximum atomic E-state index is 8.40. The Bertz CT molecular complexity index is 291. The molecule has 106 valence electrons. The molecule has 0 atom stereocenters. The lowest BCUT2D eigenvalue weighted by Crippen LogP contribution is -1.78. The van der Waals surface area contributed by atoms with Gasteiger partial charge in [-0.1, -0.05) is 62.6 Å². The molecule has 0 aromatic carbocycles. The van der Waals surface area contributed by atoms with Crippen LogP contribution in [-0.4, -0.2) is 0 Å². The molecular formula is C18H29N. The van der Waals surface area contributed by atoms with Gasteiger partial charge in [-0.3, -0.25) is 0 Å². The fraction of sp³-hybridized carbons (Fsp3) is 0.611. The number of hydrogen-bond acceptors (Lipinski definition) is 1. The molecule has 0 saturated carbocycles. The summed E-state index contributed by atoms with van der Waals surface area (Å²) in [6.45, 7) is 2.16. The summed E-state index contributed by atoms with van der Waals surface area (Å²) in [5.41, 5.74) is 0. The molecule has 0 aliphatic carbocycles. The summed E-state index contributed by atoms with van der Waals surface area (Å²) in [5.74, 6) is 0. The van der Waals surface area contributed by atoms with Crippen LogP contribution in [0.25, 0.3) is 0 Å². The van der Waals surface area contributed by atoms with Crippen LogP contribution in [0.1, 0.15) is 71.1 Å². The van der Waals surface area contributed by atoms with Gasteiger partial charge in [0.2, 0.25) is 0 Å². The molecule has 0 aromatic rings. The minimum Gasteiger partial charge on any atom is -0.198 e. The van der Waals surface area contributed by atoms with E-state index in [4.69, 9.17) is 5.26 Å². The Kier molecular flexibility index (Phi) is 15.6. The minimum atomic E-state index is 0.722. The Morgan fingerprint density at radius 3 is 2.00 bits per heavy atom. The molecule has 0 fully saturated rings. The number of nitrogens with zero attached hydrogens (tertiary/aromatic N) is 1. The van der Waals surface area contributed by atoms with Gasteiger partial charge in [-0.15, -0.1) is 0 Å². The first-order valence-corrected chi connectivity index (χ1v) is 7.73. The molecule has 0 bridgehead atoms. The Hall–Kier alpha value is -1.29. The zero-order chi connectivity index (χ0) is 14.0. The van der Waals surface area contributed by atoms with Crippen molar-refractivity contribution in [2.45, 2.75) is 71.1 Å². The zero-order valence-electron chi connectivity index (χ0n) is 12.5. The summed E-state index contributed by atoms with van der Waals surface area (Å²) < 4.78 is 0. The molecule has 1 nitrogen and oxygen atoms in total. The highest BCUT2D eigenvalue weighted by molar-refractivity contribution is 4.96. The van der Waals surface area contributed by atoms with Crippen LogP contribution in [0, 0.1) is 11.3 Å². The molecule has 0 aliphatic rings. The van der Waals surface area contributed by atoms with Crippen molar-refractivity contribution < 1.29 is 0 Å². The third-order valence-electron chi connectivity index (χ3n) is 2.94. The monoisotopic (exact) mass is 259 g/mol. The van der Waals surface area contributed by atoms with Crippen LogP contribution in [0.2, 0.25) is 0 Å². The van der Waals surface area contributed by atoms with E-state index in [0.717, 1.165) is 32.1 Å². The van der Waals surface area contributed by atoms with Gasteiger partial charge in [0.15, 0.2) is 0 Å². The van der Waals surface area contributed by atoms with E-state index in [1.165, 1.54) is 32.1 Å². The average Bonchev–Trinajstić information content (AvgIpc) is 2.43. The first-order chi connectivity index (χ1) is 9.41. The van der Waals surface area contributed by atoms with E-state index in [0.29, 0.717) is 0 Å². The van der Waals surface area contributed by atoms with E-state index in [2.05, 4.69) is 49.4 Å². The Labute approximate surface area is 119 Å². The van der Waals surface area contributed by atoms with E-state index in [9.17, 15) is 0 Å². The predicted molar refractivity (Wildman–Crippen MR) is 84.9 cm³/mol. The van der Waals surface area contributed by atoms with Gasteiger partial charge in [0, 0.05) is 6.42 Å². The first kappa shape index (κ1) is 17.7. The van der Waals surface area contributed by atoms with Crippen LogP contribution < -0.4 is 0 Å². The lowest BCUT2D eigenvalue weighted by molar-refractivity contribution is 0.623. The third-order valence-corrected chi connectivity index (χ3v) is 2.94. The van der Waals surface area contributed by atoms with E-state index >= 15 is 0 Å². The molecule has 0 N–H and O–H groups in total. The van der Waals surface area contributed by atoms with Crippen molar-refractivity contribution in [1.29, 1.82) is 5.26 Å². The summed E-state index contributed by atoms with van der Waals surface area (Å²) in [7, 11) is 0. The van der Waals surface area contributed by atoms with Crippen molar-refractivity contribution in [2.75, 3.05) is 0 Å². The van der Waals surface area contributed by atoms with E-state index in [1.54, 1.807) is 0 Å². The van der Waals surface area contributed by atoms with Crippen molar-refractivity contribution in [3.05, 3.63) is 36.5 Å². The topological polar surface area (TPSA) is 23.8 Å². The van der Waals surface area contributed by atoms with Gasteiger partial charge in [0.1, 0.15) is 0 Å². The van der Waals surface area contributed by atoms with Gasteiger partial charge in [-0.2, -0.15) is 5.26 Å². The van der Waals surface area contributed by atoms with Crippen molar-refractivity contribution in [1.82, 2.24) is 0 Å². The SMILES string of the molecule is CC/C=C\C/C=C\C/C=C\CCCCCCCC#N. The van der Waals surface area contributed by atoms with Crippen LogP contribution in [0.4, 0.5) is 0 Å². The van der Waals surface area contributed by atoms with Crippen LogP contribution in [0.15, 0.2) is 36.5 Å². The minimum absolute atomic E-state index is 0.722. The van der Waals surface area contributed by atoms with Gasteiger partial charge in [0.25, 0.3) is 0 Å². The number of unbranched alkanes of at least 4 members (excludes halogenated alkanes) is 6. The second-order valence-electron chi connectivity index (χ2n) is 4.76. The summed E-state index contributed by atoms with van der Waals surface area (Å²) in [4.78, 5) is 0. The molecule has 1 heteroatoms. The number of allylic oxidation sites excluding steroid dienone is 6. The fourth-order valence-electron chi connectivity index (χ4n) is 1.82. The lowest BCUT2D eigenvalue weighted by Gasteiger charge is -1.96. The van der Waals surface area contributed by atoms with Crippen LogP contribution in [-0.2, 0) is 0 Å². The van der Waals surface area contributed by atoms with Crippen molar-refractivity contribution in [3.8, 4) is 6.07 Å². The molecule has 0 saturated heterocycles. The largest absolute Gasteiger partial charge is 0.198 e. The van der Waals surface area contributed by atoms with E-state index in [1.807, 2.05) is 0 Å². The molecule has 0 unspecified atom stereocenters. The number of rotatable bonds is 12. The molecule has 0 amide bonds. The smallest absolute Gasteiger partial charge is 0.0621 e. The van der Waals surface area contributed by atoms with Crippen molar-refractivity contribution >= 4 is 0 Å². The molecule has 19 heavy (non-hydrogen) atoms. The molecule has 0 heterocycles. The normalized spacial score (nSPS) is 11.8. The maximum absolute atomic E-state index is 8.40. The molecule has 0 radical (unpaired) electrons. The summed E-state index contributed by atoms with van der Waals surface area (Å²) in [6, 6.07) is 2.19. The van der Waals surface area contributed by atoms with Gasteiger partial charge < -0.3 is 0 Å². The standard InChI is InChI=1S/C18H29N/c1-2-3-4-5-6-7-8-9-10-11-12-13-14-15-16-17-18-19/h3-4,6-7,9-10H,2,5,8,11-17H2,1H3/b4-3-,7-6-,10-9-. The summed E-state index contributed by atoms with van der Waals surface area (Å²) in [5, 5.41) is 8.40. The molecule has 0 spiro atoms. The zero-order valence-corrected chi connectivity index (χ0v) is 12.5. The molecule has 0 aromatic heterocycles. The van der Waals surface area contributed by atoms with Gasteiger partial charge in [-0.25, -0.2) is 0 Å². The average molecular weight is 259 g/mol. The highest BCUT2D eigenvalue weighted by Gasteiger charge is 1.88. The third kappa shape index (κ3) is 16.7. The predicted octanol–water partition coefficient (Wildman–Crippen LogP) is 6.10. The Morgan fingerprint density at radius 2 is 1.32 bits per heavy atom. The quantitative estimate of drug-likeness (QED) is 0.307. The Morgan fingerprint density at radius 1 is 0.737 bits per heavy atom. The summed E-state index contributed by atoms with van der Waals surface area (Å²) >= 11 is 0. The molecular weight excluding hydrogens is 230 g/mol. The first-order valence-electron chi connectivity index (χ1n) is 7.73.